The van der Waals surface area contributed by atoms with Gasteiger partial charge in [-0.05, 0) is 40.4 Å². The monoisotopic (exact) mass is 324 g/mol. The molecule has 23 heavy (non-hydrogen) atoms. The molecule has 0 saturated heterocycles. The van der Waals surface area contributed by atoms with Crippen LogP contribution in [-0.4, -0.2) is 8.32 Å². The maximum atomic E-state index is 6.43. The highest BCUT2D eigenvalue weighted by Gasteiger charge is 2.37. The first kappa shape index (κ1) is 17.7. The van der Waals surface area contributed by atoms with E-state index in [2.05, 4.69) is 89.0 Å². The molecule has 2 heteroatoms. The molecule has 0 saturated carbocycles. The molecule has 0 bridgehead atoms. The van der Waals surface area contributed by atoms with Crippen LogP contribution in [0, 0.1) is 0 Å². The Morgan fingerprint density at radius 2 is 1.52 bits per heavy atom. The van der Waals surface area contributed by atoms with Gasteiger partial charge in [0.25, 0.3) is 0 Å². The third-order valence-electron chi connectivity index (χ3n) is 4.88. The van der Waals surface area contributed by atoms with E-state index in [1.165, 1.54) is 16.7 Å². The molecule has 2 aromatic carbocycles. The van der Waals surface area contributed by atoms with Gasteiger partial charge in [0, 0.05) is 0 Å². The zero-order valence-corrected chi connectivity index (χ0v) is 16.0. The minimum absolute atomic E-state index is 0.223. The van der Waals surface area contributed by atoms with Crippen molar-refractivity contribution in [3.8, 4) is 11.1 Å². The molecule has 0 aliphatic rings. The second-order valence-corrected chi connectivity index (χ2v) is 12.3. The molecule has 122 valence electrons. The summed E-state index contributed by atoms with van der Waals surface area (Å²) in [6.07, 6.45) is 1.92. The highest BCUT2D eigenvalue weighted by Crippen LogP contribution is 2.38. The molecule has 0 spiro atoms. The van der Waals surface area contributed by atoms with E-state index in [0.29, 0.717) is 6.61 Å². The summed E-state index contributed by atoms with van der Waals surface area (Å²) in [6.45, 7) is 16.0. The van der Waals surface area contributed by atoms with Gasteiger partial charge in [0.2, 0.25) is 0 Å². The Kier molecular flexibility index (Phi) is 5.28. The summed E-state index contributed by atoms with van der Waals surface area (Å²) in [7, 11) is -1.75. The van der Waals surface area contributed by atoms with Crippen LogP contribution < -0.4 is 0 Å². The molecule has 2 aromatic rings. The van der Waals surface area contributed by atoms with Gasteiger partial charge in [-0.2, -0.15) is 0 Å². The van der Waals surface area contributed by atoms with Crippen LogP contribution in [0.2, 0.25) is 18.1 Å². The molecular weight excluding hydrogens is 296 g/mol. The van der Waals surface area contributed by atoms with Gasteiger partial charge in [0.05, 0.1) is 6.61 Å². The van der Waals surface area contributed by atoms with Crippen molar-refractivity contribution in [1.29, 1.82) is 0 Å². The molecule has 0 heterocycles. The van der Waals surface area contributed by atoms with Crippen LogP contribution in [0.4, 0.5) is 0 Å². The molecule has 0 aliphatic carbocycles. The summed E-state index contributed by atoms with van der Waals surface area (Å²) >= 11 is 0. The van der Waals surface area contributed by atoms with Gasteiger partial charge in [0.1, 0.15) is 0 Å². The second kappa shape index (κ2) is 6.86. The Balaban J connectivity index is 2.34. The Morgan fingerprint density at radius 1 is 0.957 bits per heavy atom. The maximum Gasteiger partial charge on any atom is 0.192 e. The van der Waals surface area contributed by atoms with E-state index in [1.54, 1.807) is 0 Å². The summed E-state index contributed by atoms with van der Waals surface area (Å²) in [4.78, 5) is 0. The minimum Gasteiger partial charge on any atom is -0.413 e. The van der Waals surface area contributed by atoms with Crippen LogP contribution in [0.15, 0.2) is 55.1 Å². The van der Waals surface area contributed by atoms with Gasteiger partial charge >= 0.3 is 0 Å². The Morgan fingerprint density at radius 3 is 2.13 bits per heavy atom. The van der Waals surface area contributed by atoms with Crippen molar-refractivity contribution in [3.63, 3.8) is 0 Å². The van der Waals surface area contributed by atoms with E-state index < -0.39 is 8.32 Å². The van der Waals surface area contributed by atoms with Gasteiger partial charge in [-0.1, -0.05) is 82.0 Å². The Hall–Kier alpha value is -1.64. The Bertz CT molecular complexity index is 680. The van der Waals surface area contributed by atoms with Gasteiger partial charge in [0.15, 0.2) is 8.32 Å². The second-order valence-electron chi connectivity index (χ2n) is 7.50. The molecule has 1 nitrogen and oxygen atoms in total. The fraction of sp³-hybridized carbons (Fsp3) is 0.333. The van der Waals surface area contributed by atoms with Crippen LogP contribution in [0.25, 0.3) is 17.2 Å². The van der Waals surface area contributed by atoms with E-state index in [0.717, 1.165) is 5.56 Å². The number of benzene rings is 2. The molecule has 0 atom stereocenters. The summed E-state index contributed by atoms with van der Waals surface area (Å²) < 4.78 is 6.43. The maximum absolute atomic E-state index is 6.43. The average Bonchev–Trinajstić information content (AvgIpc) is 2.52. The first-order chi connectivity index (χ1) is 10.8. The van der Waals surface area contributed by atoms with Crippen LogP contribution in [0.1, 0.15) is 31.9 Å². The molecule has 0 fully saturated rings. The SMILES string of the molecule is C=Cc1ccccc1-c1ccccc1CO[Si](C)(C)C(C)(C)C. The summed E-state index contributed by atoms with van der Waals surface area (Å²) in [5, 5.41) is 0.223. The first-order valence-corrected chi connectivity index (χ1v) is 11.1. The van der Waals surface area contributed by atoms with Crippen molar-refractivity contribution in [1.82, 2.24) is 0 Å². The number of hydrogen-bond acceptors (Lipinski definition) is 1. The zero-order valence-electron chi connectivity index (χ0n) is 15.0. The molecular formula is C21H28OSi. The van der Waals surface area contributed by atoms with Gasteiger partial charge in [-0.3, -0.25) is 0 Å². The quantitative estimate of drug-likeness (QED) is 0.569. The number of hydrogen-bond donors (Lipinski definition) is 0. The standard InChI is InChI=1S/C21H28OSi/c1-7-17-12-8-10-14-19(17)20-15-11-9-13-18(20)16-22-23(5,6)21(2,3)4/h7-15H,1,16H2,2-6H3. The van der Waals surface area contributed by atoms with Crippen LogP contribution in [-0.2, 0) is 11.0 Å². The molecule has 0 unspecified atom stereocenters. The predicted octanol–water partition coefficient (Wildman–Crippen LogP) is 6.52. The normalized spacial score (nSPS) is 12.2. The summed E-state index contributed by atoms with van der Waals surface area (Å²) in [6, 6.07) is 16.9. The highest BCUT2D eigenvalue weighted by atomic mass is 28.4. The van der Waals surface area contributed by atoms with E-state index in [9.17, 15) is 0 Å². The Labute approximate surface area is 142 Å². The first-order valence-electron chi connectivity index (χ1n) is 8.20. The molecule has 0 amide bonds. The summed E-state index contributed by atoms with van der Waals surface area (Å²) in [5.74, 6) is 0. The van der Waals surface area contributed by atoms with Crippen LogP contribution >= 0.6 is 0 Å². The third kappa shape index (κ3) is 4.01. The molecule has 2 rings (SSSR count). The highest BCUT2D eigenvalue weighted by molar-refractivity contribution is 6.74. The lowest BCUT2D eigenvalue weighted by atomic mass is 9.96. The number of rotatable bonds is 5. The van der Waals surface area contributed by atoms with E-state index >= 15 is 0 Å². The molecule has 0 radical (unpaired) electrons. The van der Waals surface area contributed by atoms with E-state index in [-0.39, 0.29) is 5.04 Å². The fourth-order valence-corrected chi connectivity index (χ4v) is 3.25. The third-order valence-corrected chi connectivity index (χ3v) is 9.36. The van der Waals surface area contributed by atoms with Crippen molar-refractivity contribution >= 4 is 14.4 Å². The van der Waals surface area contributed by atoms with Crippen LogP contribution in [0.3, 0.4) is 0 Å². The van der Waals surface area contributed by atoms with Crippen molar-refractivity contribution < 1.29 is 4.43 Å². The topological polar surface area (TPSA) is 9.23 Å². The average molecular weight is 325 g/mol. The minimum atomic E-state index is -1.75. The van der Waals surface area contributed by atoms with E-state index in [1.807, 2.05) is 6.08 Å². The van der Waals surface area contributed by atoms with Crippen LogP contribution in [0.5, 0.6) is 0 Å². The molecule has 0 N–H and O–H groups in total. The lowest BCUT2D eigenvalue weighted by Gasteiger charge is -2.36. The van der Waals surface area contributed by atoms with Crippen molar-refractivity contribution in [3.05, 3.63) is 66.2 Å². The lowest BCUT2D eigenvalue weighted by Crippen LogP contribution is -2.40. The fourth-order valence-electron chi connectivity index (χ4n) is 2.30. The van der Waals surface area contributed by atoms with Crippen molar-refractivity contribution in [2.24, 2.45) is 0 Å². The van der Waals surface area contributed by atoms with E-state index in [4.69, 9.17) is 4.43 Å². The van der Waals surface area contributed by atoms with Crippen molar-refractivity contribution in [2.45, 2.75) is 45.5 Å². The zero-order chi connectivity index (χ0) is 17.1. The smallest absolute Gasteiger partial charge is 0.192 e. The molecule has 0 aliphatic heterocycles. The predicted molar refractivity (Wildman–Crippen MR) is 104 cm³/mol. The molecule has 0 aromatic heterocycles. The van der Waals surface area contributed by atoms with Gasteiger partial charge in [-0.25, -0.2) is 0 Å². The van der Waals surface area contributed by atoms with Gasteiger partial charge in [-0.15, -0.1) is 0 Å². The summed E-state index contributed by atoms with van der Waals surface area (Å²) in [5.41, 5.74) is 4.86. The lowest BCUT2D eigenvalue weighted by molar-refractivity contribution is 0.277. The largest absolute Gasteiger partial charge is 0.413 e. The van der Waals surface area contributed by atoms with Gasteiger partial charge < -0.3 is 4.43 Å². The van der Waals surface area contributed by atoms with Crippen molar-refractivity contribution in [2.75, 3.05) is 0 Å².